The molecule has 1 saturated carbocycles. The van der Waals surface area contributed by atoms with Crippen molar-refractivity contribution in [1.29, 1.82) is 0 Å². The van der Waals surface area contributed by atoms with Gasteiger partial charge in [-0.3, -0.25) is 0 Å². The van der Waals surface area contributed by atoms with E-state index in [1.54, 1.807) is 7.11 Å². The molecule has 1 atom stereocenters. The number of hydrogen-bond donors (Lipinski definition) is 0. The van der Waals surface area contributed by atoms with Crippen LogP contribution in [0.4, 0.5) is 0 Å². The van der Waals surface area contributed by atoms with Crippen LogP contribution in [0.2, 0.25) is 0 Å². The Bertz CT molecular complexity index is 203. The van der Waals surface area contributed by atoms with Gasteiger partial charge < -0.3 is 4.74 Å². The average Bonchev–Trinajstić information content (AvgIpc) is 2.08. The fourth-order valence-electron chi connectivity index (χ4n) is 2.07. The van der Waals surface area contributed by atoms with Gasteiger partial charge in [0, 0.05) is 0 Å². The van der Waals surface area contributed by atoms with Crippen molar-refractivity contribution in [1.82, 2.24) is 0 Å². The molecule has 1 aliphatic carbocycles. The highest BCUT2D eigenvalue weighted by atomic mass is 16.5. The Morgan fingerprint density at radius 2 is 2.38 bits per heavy atom. The minimum absolute atomic E-state index is 0.700. The van der Waals surface area contributed by atoms with Crippen LogP contribution in [-0.2, 0) is 4.74 Å². The Morgan fingerprint density at radius 1 is 1.62 bits per heavy atom. The zero-order chi connectivity index (χ0) is 9.68. The lowest BCUT2D eigenvalue weighted by Crippen LogP contribution is -2.10. The van der Waals surface area contributed by atoms with Crippen LogP contribution in [0, 0.1) is 5.92 Å². The summed E-state index contributed by atoms with van der Waals surface area (Å²) in [5.41, 5.74) is 2.77. The molecule has 0 N–H and O–H groups in total. The third-order valence-corrected chi connectivity index (χ3v) is 2.66. The van der Waals surface area contributed by atoms with Gasteiger partial charge in [-0.25, -0.2) is 0 Å². The Kier molecular flexibility index (Phi) is 4.07. The van der Waals surface area contributed by atoms with Gasteiger partial charge in [-0.1, -0.05) is 12.0 Å². The zero-order valence-electron chi connectivity index (χ0n) is 8.81. The molecule has 0 amide bonds. The SMILES string of the molecule is C=C(C)CC1CCCCC1=COC. The van der Waals surface area contributed by atoms with Gasteiger partial charge in [-0.05, 0) is 44.1 Å². The molecular weight excluding hydrogens is 160 g/mol. The molecule has 1 rings (SSSR count). The molecule has 1 nitrogen and oxygen atoms in total. The summed E-state index contributed by atoms with van der Waals surface area (Å²) in [5.74, 6) is 0.700. The van der Waals surface area contributed by atoms with Crippen molar-refractivity contribution >= 4 is 0 Å². The average molecular weight is 180 g/mol. The molecule has 1 heteroatoms. The Balaban J connectivity index is 2.56. The first-order valence-electron chi connectivity index (χ1n) is 5.10. The van der Waals surface area contributed by atoms with Crippen LogP contribution in [0.3, 0.4) is 0 Å². The van der Waals surface area contributed by atoms with Crippen LogP contribution >= 0.6 is 0 Å². The number of rotatable bonds is 3. The summed E-state index contributed by atoms with van der Waals surface area (Å²) in [4.78, 5) is 0. The summed E-state index contributed by atoms with van der Waals surface area (Å²) in [7, 11) is 1.74. The lowest BCUT2D eigenvalue weighted by Gasteiger charge is -2.24. The first-order chi connectivity index (χ1) is 6.24. The molecule has 0 bridgehead atoms. The maximum Gasteiger partial charge on any atom is 0.0819 e. The van der Waals surface area contributed by atoms with Crippen LogP contribution in [-0.4, -0.2) is 7.11 Å². The Morgan fingerprint density at radius 3 is 3.00 bits per heavy atom. The maximum atomic E-state index is 5.10. The molecule has 1 aliphatic rings. The molecule has 0 radical (unpaired) electrons. The molecule has 13 heavy (non-hydrogen) atoms. The molecule has 1 fully saturated rings. The summed E-state index contributed by atoms with van der Waals surface area (Å²) in [5, 5.41) is 0. The Hall–Kier alpha value is -0.720. The summed E-state index contributed by atoms with van der Waals surface area (Å²) in [6, 6.07) is 0. The van der Waals surface area contributed by atoms with Crippen LogP contribution in [0.1, 0.15) is 39.0 Å². The predicted octanol–water partition coefficient (Wildman–Crippen LogP) is 3.67. The molecule has 74 valence electrons. The van der Waals surface area contributed by atoms with Gasteiger partial charge in [0.1, 0.15) is 0 Å². The molecule has 0 aliphatic heterocycles. The monoisotopic (exact) mass is 180 g/mol. The normalized spacial score (nSPS) is 26.0. The van der Waals surface area contributed by atoms with Crippen LogP contribution in [0.15, 0.2) is 24.0 Å². The van der Waals surface area contributed by atoms with Crippen molar-refractivity contribution in [3.05, 3.63) is 24.0 Å². The van der Waals surface area contributed by atoms with Crippen molar-refractivity contribution in [3.63, 3.8) is 0 Å². The summed E-state index contributed by atoms with van der Waals surface area (Å²) >= 11 is 0. The quantitative estimate of drug-likeness (QED) is 0.475. The van der Waals surface area contributed by atoms with Crippen LogP contribution in [0.25, 0.3) is 0 Å². The largest absolute Gasteiger partial charge is 0.504 e. The summed E-state index contributed by atoms with van der Waals surface area (Å²) in [6.45, 7) is 6.09. The van der Waals surface area contributed by atoms with E-state index in [4.69, 9.17) is 4.74 Å². The molecule has 0 spiro atoms. The van der Waals surface area contributed by atoms with Gasteiger partial charge in [0.25, 0.3) is 0 Å². The smallest absolute Gasteiger partial charge is 0.0819 e. The van der Waals surface area contributed by atoms with Gasteiger partial charge in [0.2, 0.25) is 0 Å². The highest BCUT2D eigenvalue weighted by Gasteiger charge is 2.18. The molecule has 0 aromatic carbocycles. The zero-order valence-corrected chi connectivity index (χ0v) is 8.81. The minimum atomic E-state index is 0.700. The topological polar surface area (TPSA) is 9.23 Å². The van der Waals surface area contributed by atoms with Gasteiger partial charge >= 0.3 is 0 Å². The number of hydrogen-bond acceptors (Lipinski definition) is 1. The molecule has 0 aromatic heterocycles. The van der Waals surface area contributed by atoms with Crippen molar-refractivity contribution in [2.75, 3.05) is 7.11 Å². The van der Waals surface area contributed by atoms with E-state index in [1.807, 2.05) is 6.26 Å². The van der Waals surface area contributed by atoms with E-state index in [1.165, 1.54) is 36.8 Å². The first kappa shape index (κ1) is 10.4. The standard InChI is InChI=1S/C12H20O/c1-10(2)8-11-6-4-5-7-12(11)9-13-3/h9,11H,1,4-8H2,2-3H3. The second-order valence-electron chi connectivity index (χ2n) is 4.03. The van der Waals surface area contributed by atoms with Gasteiger partial charge in [0.15, 0.2) is 0 Å². The third kappa shape index (κ3) is 3.25. The Labute approximate surface area is 81.5 Å². The lowest BCUT2D eigenvalue weighted by molar-refractivity contribution is 0.317. The second kappa shape index (κ2) is 5.11. The van der Waals surface area contributed by atoms with Crippen molar-refractivity contribution < 1.29 is 4.74 Å². The van der Waals surface area contributed by atoms with E-state index in [2.05, 4.69) is 13.5 Å². The molecule has 0 aromatic rings. The van der Waals surface area contributed by atoms with Crippen molar-refractivity contribution in [2.45, 2.75) is 39.0 Å². The van der Waals surface area contributed by atoms with Gasteiger partial charge in [-0.15, -0.1) is 6.58 Å². The predicted molar refractivity (Wildman–Crippen MR) is 56.5 cm³/mol. The second-order valence-corrected chi connectivity index (χ2v) is 4.03. The fraction of sp³-hybridized carbons (Fsp3) is 0.667. The summed E-state index contributed by atoms with van der Waals surface area (Å²) in [6.07, 6.45) is 8.27. The third-order valence-electron chi connectivity index (χ3n) is 2.66. The van der Waals surface area contributed by atoms with E-state index in [9.17, 15) is 0 Å². The minimum Gasteiger partial charge on any atom is -0.504 e. The molecule has 0 heterocycles. The maximum absolute atomic E-state index is 5.10. The lowest BCUT2D eigenvalue weighted by atomic mass is 9.81. The van der Waals surface area contributed by atoms with Crippen molar-refractivity contribution in [2.24, 2.45) is 5.92 Å². The number of allylic oxidation sites excluding steroid dienone is 2. The number of methoxy groups -OCH3 is 1. The highest BCUT2D eigenvalue weighted by molar-refractivity contribution is 5.10. The fourth-order valence-corrected chi connectivity index (χ4v) is 2.07. The van der Waals surface area contributed by atoms with Gasteiger partial charge in [0.05, 0.1) is 13.4 Å². The van der Waals surface area contributed by atoms with Crippen molar-refractivity contribution in [3.8, 4) is 0 Å². The van der Waals surface area contributed by atoms with Gasteiger partial charge in [-0.2, -0.15) is 0 Å². The first-order valence-corrected chi connectivity index (χ1v) is 5.10. The molecule has 0 saturated heterocycles. The molecule has 1 unspecified atom stereocenters. The number of ether oxygens (including phenoxy) is 1. The van der Waals surface area contributed by atoms with E-state index < -0.39 is 0 Å². The van der Waals surface area contributed by atoms with E-state index in [-0.39, 0.29) is 0 Å². The highest BCUT2D eigenvalue weighted by Crippen LogP contribution is 2.33. The molecular formula is C12H20O. The van der Waals surface area contributed by atoms with Crippen LogP contribution < -0.4 is 0 Å². The van der Waals surface area contributed by atoms with Crippen LogP contribution in [0.5, 0.6) is 0 Å². The van der Waals surface area contributed by atoms with E-state index in [0.29, 0.717) is 5.92 Å². The summed E-state index contributed by atoms with van der Waals surface area (Å²) < 4.78 is 5.10. The van der Waals surface area contributed by atoms with E-state index >= 15 is 0 Å². The van der Waals surface area contributed by atoms with E-state index in [0.717, 1.165) is 6.42 Å².